The topological polar surface area (TPSA) is 49.4 Å². The average molecular weight is 388 g/mol. The molecule has 1 aromatic carbocycles. The van der Waals surface area contributed by atoms with Gasteiger partial charge < -0.3 is 5.32 Å². The van der Waals surface area contributed by atoms with Gasteiger partial charge in [0.25, 0.3) is 0 Å². The van der Waals surface area contributed by atoms with Gasteiger partial charge in [-0.2, -0.15) is 4.31 Å². The summed E-state index contributed by atoms with van der Waals surface area (Å²) >= 11 is 15.2. The fraction of sp³-hybridized carbons (Fsp3) is 0.455. The van der Waals surface area contributed by atoms with Crippen molar-refractivity contribution in [1.82, 2.24) is 9.62 Å². The molecule has 1 fully saturated rings. The van der Waals surface area contributed by atoms with Crippen molar-refractivity contribution in [2.75, 3.05) is 20.1 Å². The number of likely N-dealkylation sites (N-methyl/N-ethyl adjacent to an activating group) is 1. The number of rotatable bonds is 3. The first-order valence-corrected chi connectivity index (χ1v) is 8.67. The lowest BCUT2D eigenvalue weighted by Crippen LogP contribution is -2.38. The fourth-order valence-corrected chi connectivity index (χ4v) is 4.58. The summed E-state index contributed by atoms with van der Waals surface area (Å²) in [4.78, 5) is 0.0387. The highest BCUT2D eigenvalue weighted by Crippen LogP contribution is 2.36. The molecule has 1 N–H and O–H groups in total. The highest BCUT2D eigenvalue weighted by molar-refractivity contribution is 9.10. The van der Waals surface area contributed by atoms with E-state index in [1.54, 1.807) is 13.1 Å². The summed E-state index contributed by atoms with van der Waals surface area (Å²) in [6.07, 6.45) is 0.789. The molecule has 0 aliphatic carbocycles. The number of hydrogen-bond donors (Lipinski definition) is 1. The lowest BCUT2D eigenvalue weighted by Gasteiger charge is -2.23. The van der Waals surface area contributed by atoms with Gasteiger partial charge in [-0.05, 0) is 41.0 Å². The van der Waals surface area contributed by atoms with Crippen molar-refractivity contribution in [3.05, 3.63) is 26.7 Å². The largest absolute Gasteiger partial charge is 0.315 e. The van der Waals surface area contributed by atoms with Crippen LogP contribution in [-0.4, -0.2) is 38.9 Å². The number of nitrogens with zero attached hydrogens (tertiary/aromatic N) is 1. The van der Waals surface area contributed by atoms with Crippen molar-refractivity contribution >= 4 is 49.2 Å². The zero-order chi connectivity index (χ0) is 14.2. The maximum Gasteiger partial charge on any atom is 0.244 e. The molecule has 0 amide bonds. The Balaban J connectivity index is 2.42. The van der Waals surface area contributed by atoms with Crippen LogP contribution in [-0.2, 0) is 10.0 Å². The smallest absolute Gasteiger partial charge is 0.244 e. The Morgan fingerprint density at radius 3 is 2.63 bits per heavy atom. The van der Waals surface area contributed by atoms with E-state index in [1.807, 2.05) is 0 Å². The molecule has 2 rings (SSSR count). The zero-order valence-electron chi connectivity index (χ0n) is 10.2. The summed E-state index contributed by atoms with van der Waals surface area (Å²) < 4.78 is 27.0. The zero-order valence-corrected chi connectivity index (χ0v) is 14.1. The molecule has 1 atom stereocenters. The second kappa shape index (κ2) is 5.87. The average Bonchev–Trinajstić information content (AvgIpc) is 2.88. The number of nitrogens with one attached hydrogen (secondary N) is 1. The van der Waals surface area contributed by atoms with Gasteiger partial charge in [0, 0.05) is 24.1 Å². The molecule has 1 saturated heterocycles. The molecular weight excluding hydrogens is 375 g/mol. The Morgan fingerprint density at radius 1 is 1.37 bits per heavy atom. The van der Waals surface area contributed by atoms with Gasteiger partial charge >= 0.3 is 0 Å². The number of halogens is 3. The Hall–Kier alpha value is 0.150. The summed E-state index contributed by atoms with van der Waals surface area (Å²) in [5.74, 6) is 0. The summed E-state index contributed by atoms with van der Waals surface area (Å²) in [5, 5.41) is 3.40. The summed E-state index contributed by atoms with van der Waals surface area (Å²) in [6, 6.07) is 3.00. The Bertz CT molecular complexity index is 589. The van der Waals surface area contributed by atoms with Crippen LogP contribution in [0.5, 0.6) is 0 Å². The third-order valence-corrected chi connectivity index (χ3v) is 7.04. The van der Waals surface area contributed by atoms with Crippen molar-refractivity contribution in [3.8, 4) is 0 Å². The second-order valence-electron chi connectivity index (χ2n) is 4.34. The number of benzene rings is 1. The monoisotopic (exact) mass is 386 g/mol. The molecule has 106 valence electrons. The van der Waals surface area contributed by atoms with Gasteiger partial charge in [-0.15, -0.1) is 0 Å². The van der Waals surface area contributed by atoms with Crippen molar-refractivity contribution in [2.24, 2.45) is 0 Å². The second-order valence-corrected chi connectivity index (χ2v) is 7.92. The van der Waals surface area contributed by atoms with Crippen LogP contribution in [0.25, 0.3) is 0 Å². The van der Waals surface area contributed by atoms with E-state index in [9.17, 15) is 8.42 Å². The van der Waals surface area contributed by atoms with Gasteiger partial charge in [0.15, 0.2) is 0 Å². The molecule has 0 spiro atoms. The summed E-state index contributed by atoms with van der Waals surface area (Å²) in [5.41, 5.74) is 0. The minimum Gasteiger partial charge on any atom is -0.315 e. The van der Waals surface area contributed by atoms with Gasteiger partial charge in [0.1, 0.15) is 4.90 Å². The van der Waals surface area contributed by atoms with Crippen molar-refractivity contribution in [3.63, 3.8) is 0 Å². The molecular formula is C11H13BrCl2N2O2S. The van der Waals surface area contributed by atoms with Gasteiger partial charge in [-0.25, -0.2) is 8.42 Å². The van der Waals surface area contributed by atoms with E-state index in [0.717, 1.165) is 13.0 Å². The quantitative estimate of drug-likeness (QED) is 0.811. The minimum atomic E-state index is -3.64. The SMILES string of the molecule is CN(C1CCNC1)S(=O)(=O)c1ccc(Br)c(Cl)c1Cl. The van der Waals surface area contributed by atoms with E-state index in [4.69, 9.17) is 23.2 Å². The summed E-state index contributed by atoms with van der Waals surface area (Å²) in [6.45, 7) is 1.47. The van der Waals surface area contributed by atoms with Gasteiger partial charge in [0.2, 0.25) is 10.0 Å². The molecule has 1 unspecified atom stereocenters. The van der Waals surface area contributed by atoms with Crippen LogP contribution in [0.15, 0.2) is 21.5 Å². The minimum absolute atomic E-state index is 0.0387. The Kier molecular flexibility index (Phi) is 4.80. The molecule has 19 heavy (non-hydrogen) atoms. The Morgan fingerprint density at radius 2 is 2.05 bits per heavy atom. The van der Waals surface area contributed by atoms with Crippen LogP contribution in [0.1, 0.15) is 6.42 Å². The molecule has 1 heterocycles. The van der Waals surface area contributed by atoms with E-state index in [1.165, 1.54) is 10.4 Å². The Labute approximate surface area is 131 Å². The fourth-order valence-electron chi connectivity index (χ4n) is 2.01. The molecule has 1 aliphatic rings. The molecule has 0 bridgehead atoms. The highest BCUT2D eigenvalue weighted by atomic mass is 79.9. The van der Waals surface area contributed by atoms with Crippen LogP contribution in [0.3, 0.4) is 0 Å². The van der Waals surface area contributed by atoms with E-state index >= 15 is 0 Å². The normalized spacial score (nSPS) is 20.2. The summed E-state index contributed by atoms with van der Waals surface area (Å²) in [7, 11) is -2.07. The van der Waals surface area contributed by atoms with Gasteiger partial charge in [-0.1, -0.05) is 23.2 Å². The third kappa shape index (κ3) is 2.94. The van der Waals surface area contributed by atoms with Crippen LogP contribution in [0.4, 0.5) is 0 Å². The van der Waals surface area contributed by atoms with Crippen LogP contribution in [0.2, 0.25) is 10.0 Å². The standard InChI is InChI=1S/C11H13BrCl2N2O2S/c1-16(7-4-5-15-6-7)19(17,18)9-3-2-8(12)10(13)11(9)14/h2-3,7,15H,4-6H2,1H3. The van der Waals surface area contributed by atoms with Crippen LogP contribution in [0, 0.1) is 0 Å². The van der Waals surface area contributed by atoms with E-state index in [-0.39, 0.29) is 21.0 Å². The molecule has 8 heteroatoms. The number of sulfonamides is 1. The first-order chi connectivity index (χ1) is 8.85. The molecule has 4 nitrogen and oxygen atoms in total. The van der Waals surface area contributed by atoms with Crippen LogP contribution >= 0.6 is 39.1 Å². The highest BCUT2D eigenvalue weighted by Gasteiger charge is 2.32. The molecule has 1 aromatic rings. The van der Waals surface area contributed by atoms with Gasteiger partial charge in [0.05, 0.1) is 10.0 Å². The van der Waals surface area contributed by atoms with Crippen molar-refractivity contribution in [1.29, 1.82) is 0 Å². The predicted molar refractivity (Wildman–Crippen MR) is 80.4 cm³/mol. The van der Waals surface area contributed by atoms with Crippen molar-refractivity contribution in [2.45, 2.75) is 17.4 Å². The van der Waals surface area contributed by atoms with E-state index < -0.39 is 10.0 Å². The lowest BCUT2D eigenvalue weighted by molar-refractivity contribution is 0.388. The molecule has 0 saturated carbocycles. The maximum absolute atomic E-state index is 12.5. The molecule has 0 aromatic heterocycles. The molecule has 0 radical (unpaired) electrons. The van der Waals surface area contributed by atoms with E-state index in [0.29, 0.717) is 11.0 Å². The lowest BCUT2D eigenvalue weighted by atomic mass is 10.3. The predicted octanol–water partition coefficient (Wildman–Crippen LogP) is 2.74. The van der Waals surface area contributed by atoms with Crippen LogP contribution < -0.4 is 5.32 Å². The first kappa shape index (κ1) is 15.5. The van der Waals surface area contributed by atoms with Gasteiger partial charge in [-0.3, -0.25) is 0 Å². The third-order valence-electron chi connectivity index (χ3n) is 3.21. The van der Waals surface area contributed by atoms with Crippen molar-refractivity contribution < 1.29 is 8.42 Å². The molecule has 1 aliphatic heterocycles. The first-order valence-electron chi connectivity index (χ1n) is 5.68. The maximum atomic E-state index is 12.5. The van der Waals surface area contributed by atoms with E-state index in [2.05, 4.69) is 21.2 Å². The number of hydrogen-bond acceptors (Lipinski definition) is 3.